The highest BCUT2D eigenvalue weighted by atomic mass is 19.1. The Balaban J connectivity index is 2.24. The lowest BCUT2D eigenvalue weighted by atomic mass is 10.1. The first-order valence-corrected chi connectivity index (χ1v) is 4.72. The summed E-state index contributed by atoms with van der Waals surface area (Å²) in [5.74, 6) is -0.390. The standard InChI is InChI=1S/C10H8FN5/c1-15-4-8(3-13-15)7-2-9(11)10-14-12-6-16(10)5-7/h2-6H,1H3. The molecule has 0 fully saturated rings. The van der Waals surface area contributed by atoms with E-state index in [1.54, 1.807) is 21.5 Å². The molecule has 0 radical (unpaired) electrons. The zero-order valence-corrected chi connectivity index (χ0v) is 8.50. The lowest BCUT2D eigenvalue weighted by Crippen LogP contribution is -1.90. The highest BCUT2D eigenvalue weighted by Crippen LogP contribution is 2.20. The summed E-state index contributed by atoms with van der Waals surface area (Å²) in [7, 11) is 1.82. The maximum Gasteiger partial charge on any atom is 0.196 e. The largest absolute Gasteiger partial charge is 0.286 e. The van der Waals surface area contributed by atoms with E-state index in [0.717, 1.165) is 11.1 Å². The van der Waals surface area contributed by atoms with Gasteiger partial charge in [-0.1, -0.05) is 0 Å². The zero-order chi connectivity index (χ0) is 11.1. The molecule has 80 valence electrons. The van der Waals surface area contributed by atoms with Gasteiger partial charge in [0.05, 0.1) is 6.20 Å². The van der Waals surface area contributed by atoms with Crippen molar-refractivity contribution in [1.82, 2.24) is 24.4 Å². The number of hydrogen-bond donors (Lipinski definition) is 0. The molecule has 0 N–H and O–H groups in total. The quantitative estimate of drug-likeness (QED) is 0.616. The summed E-state index contributed by atoms with van der Waals surface area (Å²) < 4.78 is 16.8. The number of halogens is 1. The second-order valence-corrected chi connectivity index (χ2v) is 3.54. The Morgan fingerprint density at radius 3 is 2.88 bits per heavy atom. The Hall–Kier alpha value is -2.24. The fourth-order valence-corrected chi connectivity index (χ4v) is 1.62. The van der Waals surface area contributed by atoms with E-state index < -0.39 is 0 Å². The molecule has 3 rings (SSSR count). The maximum absolute atomic E-state index is 13.6. The minimum atomic E-state index is -0.390. The minimum Gasteiger partial charge on any atom is -0.286 e. The normalized spacial score (nSPS) is 11.1. The van der Waals surface area contributed by atoms with Gasteiger partial charge in [0, 0.05) is 30.6 Å². The van der Waals surface area contributed by atoms with Crippen molar-refractivity contribution in [2.24, 2.45) is 7.05 Å². The van der Waals surface area contributed by atoms with Crippen molar-refractivity contribution in [3.05, 3.63) is 36.8 Å². The average Bonchev–Trinajstić information content (AvgIpc) is 2.85. The van der Waals surface area contributed by atoms with Gasteiger partial charge in [0.2, 0.25) is 0 Å². The van der Waals surface area contributed by atoms with Gasteiger partial charge in [0.1, 0.15) is 6.33 Å². The minimum absolute atomic E-state index is 0.229. The molecule has 16 heavy (non-hydrogen) atoms. The highest BCUT2D eigenvalue weighted by Gasteiger charge is 2.08. The van der Waals surface area contributed by atoms with Crippen LogP contribution in [0.2, 0.25) is 0 Å². The Labute approximate surface area is 90.2 Å². The van der Waals surface area contributed by atoms with Crippen LogP contribution < -0.4 is 0 Å². The molecule has 5 nitrogen and oxygen atoms in total. The molecule has 0 unspecified atom stereocenters. The zero-order valence-electron chi connectivity index (χ0n) is 8.50. The van der Waals surface area contributed by atoms with Crippen LogP contribution >= 0.6 is 0 Å². The smallest absolute Gasteiger partial charge is 0.196 e. The first kappa shape index (κ1) is 9.02. The molecule has 0 aliphatic carbocycles. The van der Waals surface area contributed by atoms with Crippen molar-refractivity contribution in [2.75, 3.05) is 0 Å². The molecule has 6 heteroatoms. The van der Waals surface area contributed by atoms with E-state index in [9.17, 15) is 4.39 Å². The first-order chi connectivity index (χ1) is 7.74. The van der Waals surface area contributed by atoms with Crippen molar-refractivity contribution in [3.8, 4) is 11.1 Å². The van der Waals surface area contributed by atoms with Crippen LogP contribution in [0.4, 0.5) is 4.39 Å². The Morgan fingerprint density at radius 1 is 1.25 bits per heavy atom. The summed E-state index contributed by atoms with van der Waals surface area (Å²) >= 11 is 0. The van der Waals surface area contributed by atoms with Crippen LogP contribution in [-0.4, -0.2) is 24.4 Å². The number of aromatic nitrogens is 5. The van der Waals surface area contributed by atoms with Crippen LogP contribution in [-0.2, 0) is 7.05 Å². The van der Waals surface area contributed by atoms with E-state index >= 15 is 0 Å². The van der Waals surface area contributed by atoms with Gasteiger partial charge in [0.15, 0.2) is 11.5 Å². The van der Waals surface area contributed by atoms with Gasteiger partial charge in [-0.3, -0.25) is 9.08 Å². The Kier molecular flexibility index (Phi) is 1.76. The third kappa shape index (κ3) is 1.27. The van der Waals surface area contributed by atoms with Crippen molar-refractivity contribution in [3.63, 3.8) is 0 Å². The first-order valence-electron chi connectivity index (χ1n) is 4.72. The molecular weight excluding hydrogens is 209 g/mol. The van der Waals surface area contributed by atoms with Crippen LogP contribution in [0.25, 0.3) is 16.8 Å². The molecule has 3 heterocycles. The molecule has 0 saturated heterocycles. The van der Waals surface area contributed by atoms with Gasteiger partial charge in [-0.25, -0.2) is 4.39 Å². The summed E-state index contributed by atoms with van der Waals surface area (Å²) in [5.41, 5.74) is 1.84. The highest BCUT2D eigenvalue weighted by molar-refractivity contribution is 5.63. The predicted molar refractivity (Wildman–Crippen MR) is 55.1 cm³/mol. The molecule has 0 spiro atoms. The van der Waals surface area contributed by atoms with Crippen molar-refractivity contribution >= 4 is 5.65 Å². The number of nitrogens with zero attached hydrogens (tertiary/aromatic N) is 5. The predicted octanol–water partition coefficient (Wildman–Crippen LogP) is 1.27. The third-order valence-corrected chi connectivity index (χ3v) is 2.39. The summed E-state index contributed by atoms with van der Waals surface area (Å²) in [6.07, 6.45) is 6.75. The van der Waals surface area contributed by atoms with Crippen molar-refractivity contribution in [1.29, 1.82) is 0 Å². The van der Waals surface area contributed by atoms with E-state index in [-0.39, 0.29) is 11.5 Å². The summed E-state index contributed by atoms with van der Waals surface area (Å²) in [4.78, 5) is 0. The van der Waals surface area contributed by atoms with Crippen LogP contribution in [0.15, 0.2) is 31.0 Å². The molecule has 0 aliphatic rings. The fourth-order valence-electron chi connectivity index (χ4n) is 1.62. The lowest BCUT2D eigenvalue weighted by molar-refractivity contribution is 0.630. The van der Waals surface area contributed by atoms with E-state index in [1.165, 1.54) is 12.4 Å². The SMILES string of the molecule is Cn1cc(-c2cc(F)c3nncn3c2)cn1. The molecule has 0 saturated carbocycles. The van der Waals surface area contributed by atoms with Crippen LogP contribution in [0, 0.1) is 5.82 Å². The number of hydrogen-bond acceptors (Lipinski definition) is 3. The van der Waals surface area contributed by atoms with Gasteiger partial charge < -0.3 is 0 Å². The summed E-state index contributed by atoms with van der Waals surface area (Å²) in [6.45, 7) is 0. The van der Waals surface area contributed by atoms with Gasteiger partial charge in [-0.2, -0.15) is 5.10 Å². The molecule has 0 bridgehead atoms. The molecule has 3 aromatic heterocycles. The monoisotopic (exact) mass is 217 g/mol. The average molecular weight is 217 g/mol. The van der Waals surface area contributed by atoms with Gasteiger partial charge in [-0.05, 0) is 6.07 Å². The second-order valence-electron chi connectivity index (χ2n) is 3.54. The van der Waals surface area contributed by atoms with Gasteiger partial charge >= 0.3 is 0 Å². The Bertz CT molecular complexity index is 654. The van der Waals surface area contributed by atoms with Crippen LogP contribution in [0.3, 0.4) is 0 Å². The molecular formula is C10H8FN5. The summed E-state index contributed by atoms with van der Waals surface area (Å²) in [6, 6.07) is 1.43. The molecule has 0 aliphatic heterocycles. The topological polar surface area (TPSA) is 48.0 Å². The van der Waals surface area contributed by atoms with Gasteiger partial charge in [-0.15, -0.1) is 10.2 Å². The van der Waals surface area contributed by atoms with Gasteiger partial charge in [0.25, 0.3) is 0 Å². The number of rotatable bonds is 1. The van der Waals surface area contributed by atoms with Crippen LogP contribution in [0.1, 0.15) is 0 Å². The van der Waals surface area contributed by atoms with E-state index in [2.05, 4.69) is 15.3 Å². The lowest BCUT2D eigenvalue weighted by Gasteiger charge is -1.99. The molecule has 0 atom stereocenters. The maximum atomic E-state index is 13.6. The molecule has 0 aromatic carbocycles. The Morgan fingerprint density at radius 2 is 2.12 bits per heavy atom. The van der Waals surface area contributed by atoms with Crippen LogP contribution in [0.5, 0.6) is 0 Å². The van der Waals surface area contributed by atoms with Crippen molar-refractivity contribution in [2.45, 2.75) is 0 Å². The third-order valence-electron chi connectivity index (χ3n) is 2.39. The number of pyridine rings is 1. The number of fused-ring (bicyclic) bond motifs is 1. The van der Waals surface area contributed by atoms with Crippen molar-refractivity contribution < 1.29 is 4.39 Å². The summed E-state index contributed by atoms with van der Waals surface area (Å²) in [5, 5.41) is 11.4. The molecule has 3 aromatic rings. The molecule has 0 amide bonds. The fraction of sp³-hybridized carbons (Fsp3) is 0.100. The second kappa shape index (κ2) is 3.13. The van der Waals surface area contributed by atoms with E-state index in [4.69, 9.17) is 0 Å². The van der Waals surface area contributed by atoms with E-state index in [0.29, 0.717) is 0 Å². The number of aryl methyl sites for hydroxylation is 1. The van der Waals surface area contributed by atoms with E-state index in [1.807, 2.05) is 13.2 Å².